The molecule has 0 aliphatic heterocycles. The minimum Gasteiger partial charge on any atom is -0.332 e. The number of nitrogens with zero attached hydrogens (tertiary/aromatic N) is 2. The summed E-state index contributed by atoms with van der Waals surface area (Å²) in [7, 11) is 9.21. The van der Waals surface area contributed by atoms with Crippen molar-refractivity contribution >= 4 is 0 Å². The van der Waals surface area contributed by atoms with Crippen molar-refractivity contribution in [1.29, 1.82) is 0 Å². The summed E-state index contributed by atoms with van der Waals surface area (Å²) >= 11 is 0. The van der Waals surface area contributed by atoms with Gasteiger partial charge in [0.1, 0.15) is 0 Å². The van der Waals surface area contributed by atoms with E-state index in [1.807, 2.05) is 0 Å². The fourth-order valence-corrected chi connectivity index (χ4v) is 4.51. The maximum absolute atomic E-state index is 5.99. The molecule has 34 heavy (non-hydrogen) atoms. The standard InChI is InChI=1S/C30H66N2O2/c1-7-9-11-13-15-17-19-21-25-31(3,4)29-33-27-23-24-28-34-30-32(5,6)26-22-20-18-16-14-12-10-8-2/h7-30H2,1-6H3/q+2. The van der Waals surface area contributed by atoms with Gasteiger partial charge in [0.15, 0.2) is 13.5 Å². The minimum atomic E-state index is 0.833. The van der Waals surface area contributed by atoms with E-state index in [1.54, 1.807) is 0 Å². The number of ether oxygens (including phenoxy) is 2. The van der Waals surface area contributed by atoms with E-state index in [4.69, 9.17) is 9.47 Å². The lowest BCUT2D eigenvalue weighted by Crippen LogP contribution is -2.42. The van der Waals surface area contributed by atoms with Gasteiger partial charge in [-0.25, -0.2) is 0 Å². The molecule has 0 N–H and O–H groups in total. The molecular weight excluding hydrogens is 420 g/mol. The molecule has 0 aromatic rings. The Balaban J connectivity index is 3.51. The molecule has 0 saturated heterocycles. The zero-order valence-corrected chi connectivity index (χ0v) is 24.7. The van der Waals surface area contributed by atoms with E-state index in [0.717, 1.165) is 48.5 Å². The SMILES string of the molecule is CCCCCCCCCC[N+](C)(C)COCCCCOC[N+](C)(C)CCCCCCCCCC. The van der Waals surface area contributed by atoms with Gasteiger partial charge < -0.3 is 18.4 Å². The molecule has 206 valence electrons. The van der Waals surface area contributed by atoms with Crippen LogP contribution in [0.3, 0.4) is 0 Å². The summed E-state index contributed by atoms with van der Waals surface area (Å²) in [6, 6.07) is 0. The van der Waals surface area contributed by atoms with Crippen LogP contribution >= 0.6 is 0 Å². The Kier molecular flexibility index (Phi) is 23.1. The van der Waals surface area contributed by atoms with Crippen LogP contribution in [0.25, 0.3) is 0 Å². The fourth-order valence-electron chi connectivity index (χ4n) is 4.51. The van der Waals surface area contributed by atoms with Gasteiger partial charge in [-0.3, -0.25) is 0 Å². The predicted molar refractivity (Wildman–Crippen MR) is 150 cm³/mol. The quantitative estimate of drug-likeness (QED) is 0.0662. The predicted octanol–water partition coefficient (Wildman–Crippen LogP) is 8.15. The van der Waals surface area contributed by atoms with E-state index >= 15 is 0 Å². The molecule has 0 fully saturated rings. The molecule has 0 aromatic heterocycles. The minimum absolute atomic E-state index is 0.833. The fraction of sp³-hybridized carbons (Fsp3) is 1.00. The lowest BCUT2D eigenvalue weighted by molar-refractivity contribution is -0.910. The average molecular weight is 487 g/mol. The average Bonchev–Trinajstić information content (AvgIpc) is 2.79. The lowest BCUT2D eigenvalue weighted by atomic mass is 10.1. The van der Waals surface area contributed by atoms with E-state index in [-0.39, 0.29) is 0 Å². The van der Waals surface area contributed by atoms with Crippen LogP contribution in [0.1, 0.15) is 129 Å². The zero-order valence-electron chi connectivity index (χ0n) is 24.7. The van der Waals surface area contributed by atoms with Gasteiger partial charge in [0, 0.05) is 0 Å². The van der Waals surface area contributed by atoms with Crippen LogP contribution in [-0.2, 0) is 9.47 Å². The van der Waals surface area contributed by atoms with Crippen molar-refractivity contribution in [3.05, 3.63) is 0 Å². The van der Waals surface area contributed by atoms with Gasteiger partial charge in [-0.15, -0.1) is 0 Å². The number of unbranched alkanes of at least 4 members (excludes halogenated alkanes) is 15. The third-order valence-corrected chi connectivity index (χ3v) is 6.94. The molecule has 4 nitrogen and oxygen atoms in total. The summed E-state index contributed by atoms with van der Waals surface area (Å²) in [5.41, 5.74) is 0. The second-order valence-electron chi connectivity index (χ2n) is 12.1. The highest BCUT2D eigenvalue weighted by Crippen LogP contribution is 2.12. The Morgan fingerprint density at radius 3 is 1.00 bits per heavy atom. The normalized spacial score (nSPS) is 12.5. The Morgan fingerprint density at radius 1 is 0.382 bits per heavy atom. The van der Waals surface area contributed by atoms with Gasteiger partial charge in [-0.2, -0.15) is 0 Å². The summed E-state index contributed by atoms with van der Waals surface area (Å²) in [5, 5.41) is 0. The summed E-state index contributed by atoms with van der Waals surface area (Å²) in [6.45, 7) is 10.4. The molecule has 0 unspecified atom stereocenters. The smallest absolute Gasteiger partial charge is 0.182 e. The topological polar surface area (TPSA) is 18.5 Å². The maximum Gasteiger partial charge on any atom is 0.182 e. The first-order valence-corrected chi connectivity index (χ1v) is 15.1. The highest BCUT2D eigenvalue weighted by Gasteiger charge is 2.15. The van der Waals surface area contributed by atoms with Crippen LogP contribution in [0.4, 0.5) is 0 Å². The summed E-state index contributed by atoms with van der Waals surface area (Å²) in [4.78, 5) is 0. The number of quaternary nitrogens is 2. The van der Waals surface area contributed by atoms with E-state index in [2.05, 4.69) is 42.0 Å². The van der Waals surface area contributed by atoms with E-state index in [9.17, 15) is 0 Å². The first-order valence-electron chi connectivity index (χ1n) is 15.1. The van der Waals surface area contributed by atoms with E-state index < -0.39 is 0 Å². The van der Waals surface area contributed by atoms with Crippen LogP contribution in [0.15, 0.2) is 0 Å². The Bertz CT molecular complexity index is 375. The van der Waals surface area contributed by atoms with Crippen molar-refractivity contribution in [1.82, 2.24) is 0 Å². The van der Waals surface area contributed by atoms with E-state index in [1.165, 1.54) is 116 Å². The molecule has 0 spiro atoms. The van der Waals surface area contributed by atoms with Crippen LogP contribution in [0, 0.1) is 0 Å². The highest BCUT2D eigenvalue weighted by atomic mass is 16.5. The van der Waals surface area contributed by atoms with E-state index in [0.29, 0.717) is 0 Å². The molecular formula is C30H66N2O2+2. The van der Waals surface area contributed by atoms with Crippen molar-refractivity contribution < 1.29 is 18.4 Å². The molecule has 0 amide bonds. The second-order valence-corrected chi connectivity index (χ2v) is 12.1. The van der Waals surface area contributed by atoms with Crippen molar-refractivity contribution in [2.24, 2.45) is 0 Å². The number of rotatable bonds is 27. The molecule has 0 aromatic carbocycles. The van der Waals surface area contributed by atoms with Crippen LogP contribution in [0.5, 0.6) is 0 Å². The molecule has 0 radical (unpaired) electrons. The Morgan fingerprint density at radius 2 is 0.676 bits per heavy atom. The molecule has 0 saturated carbocycles. The summed E-state index contributed by atoms with van der Waals surface area (Å²) in [6.07, 6.45) is 24.4. The third-order valence-electron chi connectivity index (χ3n) is 6.94. The van der Waals surface area contributed by atoms with Gasteiger partial charge in [0.05, 0.1) is 54.5 Å². The van der Waals surface area contributed by atoms with Gasteiger partial charge in [-0.1, -0.05) is 90.9 Å². The number of hydrogen-bond donors (Lipinski definition) is 0. The second kappa shape index (κ2) is 23.3. The van der Waals surface area contributed by atoms with Crippen molar-refractivity contribution in [3.63, 3.8) is 0 Å². The van der Waals surface area contributed by atoms with Crippen LogP contribution in [-0.4, -0.2) is 76.9 Å². The van der Waals surface area contributed by atoms with Crippen molar-refractivity contribution in [2.45, 2.75) is 129 Å². The number of hydrogen-bond acceptors (Lipinski definition) is 2. The van der Waals surface area contributed by atoms with Crippen LogP contribution < -0.4 is 0 Å². The zero-order chi connectivity index (χ0) is 25.4. The first kappa shape index (κ1) is 33.8. The largest absolute Gasteiger partial charge is 0.332 e. The molecule has 0 heterocycles. The molecule has 0 atom stereocenters. The van der Waals surface area contributed by atoms with Crippen molar-refractivity contribution in [3.8, 4) is 0 Å². The van der Waals surface area contributed by atoms with Gasteiger partial charge >= 0.3 is 0 Å². The Hall–Kier alpha value is -0.160. The Labute approximate surface area is 215 Å². The molecule has 0 aliphatic carbocycles. The van der Waals surface area contributed by atoms with Gasteiger partial charge in [-0.05, 0) is 38.5 Å². The maximum atomic E-state index is 5.99. The monoisotopic (exact) mass is 487 g/mol. The lowest BCUT2D eigenvalue weighted by Gasteiger charge is -2.29. The van der Waals surface area contributed by atoms with Gasteiger partial charge in [0.25, 0.3) is 0 Å². The van der Waals surface area contributed by atoms with Crippen LogP contribution in [0.2, 0.25) is 0 Å². The molecule has 0 aliphatic rings. The summed E-state index contributed by atoms with van der Waals surface area (Å²) in [5.74, 6) is 0. The molecule has 0 rings (SSSR count). The van der Waals surface area contributed by atoms with Gasteiger partial charge in [0.2, 0.25) is 0 Å². The highest BCUT2D eigenvalue weighted by molar-refractivity contribution is 4.47. The first-order chi connectivity index (χ1) is 16.3. The molecule has 4 heteroatoms. The van der Waals surface area contributed by atoms with Crippen molar-refractivity contribution in [2.75, 3.05) is 68.0 Å². The summed E-state index contributed by atoms with van der Waals surface area (Å²) < 4.78 is 13.9. The third kappa shape index (κ3) is 24.9. The molecule has 0 bridgehead atoms.